The Hall–Kier alpha value is -0.520. The zero-order valence-corrected chi connectivity index (χ0v) is 8.79. The monoisotopic (exact) mass is 176 g/mol. The van der Waals surface area contributed by atoms with Crippen LogP contribution in [0, 0.1) is 17.3 Å². The minimum Gasteiger partial charge on any atom is -0.0806 e. The molecular weight excluding hydrogens is 156 g/mol. The maximum atomic E-state index is 2.47. The SMILES string of the molecule is CC(C)C12C=CC=CC1CCCC2. The molecule has 0 aromatic carbocycles. The van der Waals surface area contributed by atoms with Gasteiger partial charge in [-0.2, -0.15) is 0 Å². The second kappa shape index (κ2) is 3.32. The van der Waals surface area contributed by atoms with Crippen LogP contribution in [0.5, 0.6) is 0 Å². The van der Waals surface area contributed by atoms with E-state index in [-0.39, 0.29) is 0 Å². The van der Waals surface area contributed by atoms with E-state index >= 15 is 0 Å². The molecule has 2 aliphatic rings. The highest BCUT2D eigenvalue weighted by Crippen LogP contribution is 2.49. The second-order valence-corrected chi connectivity index (χ2v) is 4.86. The highest BCUT2D eigenvalue weighted by atomic mass is 14.4. The van der Waals surface area contributed by atoms with Crippen molar-refractivity contribution < 1.29 is 0 Å². The molecule has 72 valence electrons. The van der Waals surface area contributed by atoms with Crippen molar-refractivity contribution >= 4 is 0 Å². The lowest BCUT2D eigenvalue weighted by molar-refractivity contribution is 0.124. The normalized spacial score (nSPS) is 37.9. The summed E-state index contributed by atoms with van der Waals surface area (Å²) >= 11 is 0. The van der Waals surface area contributed by atoms with Crippen LogP contribution in [0.2, 0.25) is 0 Å². The minimum absolute atomic E-state index is 0.507. The third-order valence-corrected chi connectivity index (χ3v) is 4.00. The molecular formula is C13H20. The molecule has 0 bridgehead atoms. The average molecular weight is 176 g/mol. The molecule has 2 unspecified atom stereocenters. The van der Waals surface area contributed by atoms with Crippen molar-refractivity contribution in [3.05, 3.63) is 24.3 Å². The van der Waals surface area contributed by atoms with E-state index < -0.39 is 0 Å². The summed E-state index contributed by atoms with van der Waals surface area (Å²) < 4.78 is 0. The fourth-order valence-corrected chi connectivity index (χ4v) is 3.07. The van der Waals surface area contributed by atoms with Crippen LogP contribution in [0.4, 0.5) is 0 Å². The van der Waals surface area contributed by atoms with Crippen molar-refractivity contribution in [2.24, 2.45) is 17.3 Å². The van der Waals surface area contributed by atoms with Crippen LogP contribution < -0.4 is 0 Å². The van der Waals surface area contributed by atoms with Gasteiger partial charge in [-0.1, -0.05) is 51.0 Å². The van der Waals surface area contributed by atoms with E-state index in [0.717, 1.165) is 11.8 Å². The molecule has 0 aromatic heterocycles. The molecule has 0 amide bonds. The number of hydrogen-bond donors (Lipinski definition) is 0. The van der Waals surface area contributed by atoms with E-state index in [4.69, 9.17) is 0 Å². The lowest BCUT2D eigenvalue weighted by Crippen LogP contribution is -2.36. The zero-order valence-electron chi connectivity index (χ0n) is 8.79. The molecule has 1 saturated carbocycles. The van der Waals surface area contributed by atoms with Crippen molar-refractivity contribution in [3.8, 4) is 0 Å². The Morgan fingerprint density at radius 3 is 2.77 bits per heavy atom. The number of fused-ring (bicyclic) bond motifs is 1. The van der Waals surface area contributed by atoms with Gasteiger partial charge in [0.2, 0.25) is 0 Å². The number of rotatable bonds is 1. The molecule has 0 aromatic rings. The van der Waals surface area contributed by atoms with Gasteiger partial charge in [0, 0.05) is 0 Å². The van der Waals surface area contributed by atoms with Gasteiger partial charge in [0.15, 0.2) is 0 Å². The summed E-state index contributed by atoms with van der Waals surface area (Å²) in [4.78, 5) is 0. The summed E-state index contributed by atoms with van der Waals surface area (Å²) in [5.74, 6) is 1.62. The third kappa shape index (κ3) is 1.37. The average Bonchev–Trinajstić information content (AvgIpc) is 2.17. The maximum absolute atomic E-state index is 2.47. The molecule has 0 heterocycles. The lowest BCUT2D eigenvalue weighted by atomic mass is 9.59. The summed E-state index contributed by atoms with van der Waals surface area (Å²) in [6.45, 7) is 4.75. The smallest absolute Gasteiger partial charge is 0.00293 e. The van der Waals surface area contributed by atoms with Crippen molar-refractivity contribution in [3.63, 3.8) is 0 Å². The Morgan fingerprint density at radius 1 is 1.23 bits per heavy atom. The van der Waals surface area contributed by atoms with E-state index in [2.05, 4.69) is 38.2 Å². The number of hydrogen-bond acceptors (Lipinski definition) is 0. The van der Waals surface area contributed by atoms with Crippen LogP contribution in [0.1, 0.15) is 39.5 Å². The Labute approximate surface area is 81.7 Å². The van der Waals surface area contributed by atoms with Crippen LogP contribution in [-0.2, 0) is 0 Å². The van der Waals surface area contributed by atoms with E-state index in [1.807, 2.05) is 0 Å². The standard InChI is InChI=1S/C13H20/c1-11(2)13-9-5-3-7-12(13)8-4-6-10-13/h3,5,7,9,11-12H,4,6,8,10H2,1-2H3. The summed E-state index contributed by atoms with van der Waals surface area (Å²) in [6.07, 6.45) is 15.0. The first kappa shape index (κ1) is 9.05. The Kier molecular flexibility index (Phi) is 2.31. The van der Waals surface area contributed by atoms with Gasteiger partial charge in [-0.05, 0) is 30.1 Å². The fraction of sp³-hybridized carbons (Fsp3) is 0.692. The van der Waals surface area contributed by atoms with Crippen molar-refractivity contribution in [1.29, 1.82) is 0 Å². The van der Waals surface area contributed by atoms with Gasteiger partial charge >= 0.3 is 0 Å². The van der Waals surface area contributed by atoms with Gasteiger partial charge in [0.05, 0.1) is 0 Å². The number of allylic oxidation sites excluding steroid dienone is 4. The van der Waals surface area contributed by atoms with Crippen LogP contribution >= 0.6 is 0 Å². The molecule has 13 heavy (non-hydrogen) atoms. The van der Waals surface area contributed by atoms with Crippen molar-refractivity contribution in [2.75, 3.05) is 0 Å². The summed E-state index contributed by atoms with van der Waals surface area (Å²) in [5.41, 5.74) is 0.507. The summed E-state index contributed by atoms with van der Waals surface area (Å²) in [6, 6.07) is 0. The topological polar surface area (TPSA) is 0 Å². The highest BCUT2D eigenvalue weighted by molar-refractivity contribution is 5.21. The lowest BCUT2D eigenvalue weighted by Gasteiger charge is -2.45. The van der Waals surface area contributed by atoms with Gasteiger partial charge in [-0.15, -0.1) is 0 Å². The zero-order chi connectivity index (χ0) is 9.31. The minimum atomic E-state index is 0.507. The Morgan fingerprint density at radius 2 is 2.08 bits per heavy atom. The van der Waals surface area contributed by atoms with Gasteiger partial charge < -0.3 is 0 Å². The van der Waals surface area contributed by atoms with E-state index in [1.165, 1.54) is 25.7 Å². The summed E-state index contributed by atoms with van der Waals surface area (Å²) in [7, 11) is 0. The molecule has 2 aliphatic carbocycles. The van der Waals surface area contributed by atoms with Crippen LogP contribution in [0.3, 0.4) is 0 Å². The molecule has 0 spiro atoms. The highest BCUT2D eigenvalue weighted by Gasteiger charge is 2.40. The second-order valence-electron chi connectivity index (χ2n) is 4.86. The summed E-state index contributed by atoms with van der Waals surface area (Å²) in [5, 5.41) is 0. The molecule has 0 nitrogen and oxygen atoms in total. The molecule has 1 fully saturated rings. The molecule has 0 radical (unpaired) electrons. The molecule has 0 aliphatic heterocycles. The van der Waals surface area contributed by atoms with Crippen LogP contribution in [0.15, 0.2) is 24.3 Å². The van der Waals surface area contributed by atoms with Crippen molar-refractivity contribution in [2.45, 2.75) is 39.5 Å². The van der Waals surface area contributed by atoms with E-state index in [0.29, 0.717) is 5.41 Å². The van der Waals surface area contributed by atoms with Crippen LogP contribution in [0.25, 0.3) is 0 Å². The predicted molar refractivity (Wildman–Crippen MR) is 57.5 cm³/mol. The van der Waals surface area contributed by atoms with Gasteiger partial charge in [-0.3, -0.25) is 0 Å². The van der Waals surface area contributed by atoms with Gasteiger partial charge in [0.1, 0.15) is 0 Å². The third-order valence-electron chi connectivity index (χ3n) is 4.00. The van der Waals surface area contributed by atoms with Crippen molar-refractivity contribution in [1.82, 2.24) is 0 Å². The first-order chi connectivity index (χ1) is 6.26. The maximum Gasteiger partial charge on any atom is -0.00293 e. The quantitative estimate of drug-likeness (QED) is 0.567. The molecule has 2 rings (SSSR count). The predicted octanol–water partition coefficient (Wildman–Crippen LogP) is 3.95. The van der Waals surface area contributed by atoms with Gasteiger partial charge in [-0.25, -0.2) is 0 Å². The van der Waals surface area contributed by atoms with E-state index in [1.54, 1.807) is 0 Å². The van der Waals surface area contributed by atoms with Crippen LogP contribution in [-0.4, -0.2) is 0 Å². The first-order valence-electron chi connectivity index (χ1n) is 5.62. The van der Waals surface area contributed by atoms with E-state index in [9.17, 15) is 0 Å². The molecule has 2 atom stereocenters. The van der Waals surface area contributed by atoms with Gasteiger partial charge in [0.25, 0.3) is 0 Å². The molecule has 0 heteroatoms. The molecule has 0 N–H and O–H groups in total. The Bertz CT molecular complexity index is 234. The largest absolute Gasteiger partial charge is 0.0806 e. The fourth-order valence-electron chi connectivity index (χ4n) is 3.07. The first-order valence-corrected chi connectivity index (χ1v) is 5.62. The molecule has 0 saturated heterocycles. The Balaban J connectivity index is 2.29.